The van der Waals surface area contributed by atoms with Crippen molar-refractivity contribution >= 4 is 45.1 Å². The summed E-state index contributed by atoms with van der Waals surface area (Å²) in [6.45, 7) is 15.2. The highest BCUT2D eigenvalue weighted by Gasteiger charge is 2.29. The van der Waals surface area contributed by atoms with Crippen LogP contribution in [0.4, 0.5) is 16.2 Å². The Morgan fingerprint density at radius 2 is 1.44 bits per heavy atom. The number of carbonyl (C=O) groups excluding carboxylic acids is 2. The number of ether oxygens (including phenoxy) is 1. The van der Waals surface area contributed by atoms with Crippen LogP contribution in [0.15, 0.2) is 67.0 Å². The van der Waals surface area contributed by atoms with E-state index in [-0.39, 0.29) is 46.6 Å². The van der Waals surface area contributed by atoms with Gasteiger partial charge in [-0.25, -0.2) is 24.3 Å². The lowest BCUT2D eigenvalue weighted by Crippen LogP contribution is -2.48. The monoisotopic (exact) mass is 941 g/mol. The van der Waals surface area contributed by atoms with Crippen LogP contribution in [0, 0.1) is 5.82 Å². The van der Waals surface area contributed by atoms with Gasteiger partial charge in [-0.15, -0.1) is 11.3 Å². The van der Waals surface area contributed by atoms with Crippen molar-refractivity contribution in [2.75, 3.05) is 89.3 Å². The molecule has 3 saturated heterocycles. The average Bonchev–Trinajstić information content (AvgIpc) is 3.96. The zero-order valence-electron chi connectivity index (χ0n) is 38.4. The van der Waals surface area contributed by atoms with Crippen molar-refractivity contribution in [3.05, 3.63) is 117 Å². The fourth-order valence-electron chi connectivity index (χ4n) is 9.63. The molecule has 4 aliphatic heterocycles. The molecule has 7 heterocycles. The number of hydrogen-bond acceptors (Lipinski definition) is 15. The summed E-state index contributed by atoms with van der Waals surface area (Å²) in [5.41, 5.74) is 12.4. The number of fused-ring (bicyclic) bond motifs is 2. The number of benzene rings is 3. The van der Waals surface area contributed by atoms with Gasteiger partial charge >= 0.3 is 0 Å². The van der Waals surface area contributed by atoms with Gasteiger partial charge < -0.3 is 35.4 Å². The number of hydrogen-bond donors (Lipinski definition) is 3. The molecule has 2 amide bonds. The molecule has 3 aromatic heterocycles. The van der Waals surface area contributed by atoms with Crippen LogP contribution in [0.2, 0.25) is 0 Å². The van der Waals surface area contributed by atoms with Crippen LogP contribution in [0.3, 0.4) is 0 Å². The number of aromatic nitrogens is 4. The topological polar surface area (TPSA) is 181 Å². The van der Waals surface area contributed by atoms with Crippen molar-refractivity contribution in [2.45, 2.75) is 52.5 Å². The normalized spacial score (nSPS) is 17.4. The minimum Gasteiger partial charge on any atom is -0.508 e. The Morgan fingerprint density at radius 1 is 0.750 bits per heavy atom. The molecule has 6 aromatic rings. The number of anilines is 2. The molecule has 3 aromatic carbocycles. The lowest BCUT2D eigenvalue weighted by molar-refractivity contribution is 0.0628. The van der Waals surface area contributed by atoms with Crippen molar-refractivity contribution in [3.8, 4) is 22.9 Å². The SMILES string of the molecule is CC(C)c1cc(C(=O)N2Cc3ccc(CN4CCN(Cc5ccc(C(=O)N6CCN(Cc7cc8nc(-c9cnc(N)nc9)nc(N9CCOCC9)c8s7)CC6)cc5F)CC4)cc3C2)c(O)cc1O. The quantitative estimate of drug-likeness (QED) is 0.145. The summed E-state index contributed by atoms with van der Waals surface area (Å²) in [6.07, 6.45) is 3.29. The number of phenols is 2. The first-order valence-corrected chi connectivity index (χ1v) is 24.2. The number of nitrogens with zero attached hydrogens (tertiary/aromatic N) is 10. The number of aromatic hydroxyl groups is 2. The van der Waals surface area contributed by atoms with Gasteiger partial charge in [-0.3, -0.25) is 24.3 Å². The number of phenolic OH excluding ortho intramolecular Hbond substituents is 2. The maximum atomic E-state index is 15.7. The zero-order chi connectivity index (χ0) is 47.1. The molecule has 0 spiro atoms. The zero-order valence-corrected chi connectivity index (χ0v) is 39.2. The Bertz CT molecular complexity index is 2840. The lowest BCUT2D eigenvalue weighted by atomic mass is 9.98. The summed E-state index contributed by atoms with van der Waals surface area (Å²) in [6, 6.07) is 16.3. The molecule has 0 radical (unpaired) electrons. The van der Waals surface area contributed by atoms with Crippen LogP contribution < -0.4 is 10.6 Å². The van der Waals surface area contributed by atoms with Crippen LogP contribution in [-0.2, 0) is 37.5 Å². The molecular weight excluding hydrogens is 886 g/mol. The van der Waals surface area contributed by atoms with E-state index in [1.807, 2.05) is 18.7 Å². The number of carbonyl (C=O) groups is 2. The van der Waals surface area contributed by atoms with E-state index in [1.165, 1.54) is 17.7 Å². The minimum absolute atomic E-state index is 0.00159. The van der Waals surface area contributed by atoms with E-state index in [4.69, 9.17) is 20.4 Å². The fraction of sp³-hybridized carbons (Fsp3) is 0.400. The van der Waals surface area contributed by atoms with Gasteiger partial charge in [-0.1, -0.05) is 38.1 Å². The van der Waals surface area contributed by atoms with E-state index in [9.17, 15) is 19.8 Å². The molecule has 0 bridgehead atoms. The number of nitrogens with two attached hydrogens (primary N) is 1. The van der Waals surface area contributed by atoms with Gasteiger partial charge in [0.1, 0.15) is 17.3 Å². The molecule has 10 rings (SSSR count). The van der Waals surface area contributed by atoms with E-state index in [0.717, 1.165) is 84.4 Å². The maximum Gasteiger partial charge on any atom is 0.258 e. The first-order valence-electron chi connectivity index (χ1n) is 23.3. The summed E-state index contributed by atoms with van der Waals surface area (Å²) in [5.74, 6) is 0.611. The van der Waals surface area contributed by atoms with E-state index < -0.39 is 0 Å². The van der Waals surface area contributed by atoms with Crippen molar-refractivity contribution in [3.63, 3.8) is 0 Å². The van der Waals surface area contributed by atoms with E-state index in [2.05, 4.69) is 53.8 Å². The van der Waals surface area contributed by atoms with Crippen molar-refractivity contribution < 1.29 is 28.9 Å². The number of amides is 2. The molecule has 18 heteroatoms. The molecule has 0 atom stereocenters. The average molecular weight is 942 g/mol. The van der Waals surface area contributed by atoms with Crippen LogP contribution in [0.25, 0.3) is 21.6 Å². The van der Waals surface area contributed by atoms with Gasteiger partial charge in [0.2, 0.25) is 5.95 Å². The number of piperazine rings is 2. The lowest BCUT2D eigenvalue weighted by Gasteiger charge is -2.35. The Labute approximate surface area is 398 Å². The van der Waals surface area contributed by atoms with Gasteiger partial charge in [-0.05, 0) is 52.4 Å². The highest BCUT2D eigenvalue weighted by Crippen LogP contribution is 2.37. The molecule has 0 aliphatic carbocycles. The van der Waals surface area contributed by atoms with Crippen molar-refractivity contribution in [1.82, 2.24) is 44.4 Å². The number of morpholine rings is 1. The molecular formula is C50H56FN11O5S. The molecule has 0 saturated carbocycles. The van der Waals surface area contributed by atoms with Crippen molar-refractivity contribution in [2.24, 2.45) is 0 Å². The second-order valence-electron chi connectivity index (χ2n) is 18.5. The highest BCUT2D eigenvalue weighted by molar-refractivity contribution is 7.19. The molecule has 16 nitrogen and oxygen atoms in total. The summed E-state index contributed by atoms with van der Waals surface area (Å²) in [4.78, 5) is 59.2. The second kappa shape index (κ2) is 19.4. The maximum absolute atomic E-state index is 15.7. The van der Waals surface area contributed by atoms with Crippen LogP contribution in [0.1, 0.15) is 73.2 Å². The number of nitrogen functional groups attached to an aromatic ring is 1. The Balaban J connectivity index is 0.698. The van der Waals surface area contributed by atoms with Crippen LogP contribution >= 0.6 is 11.3 Å². The Hall–Kier alpha value is -6.31. The first kappa shape index (κ1) is 45.5. The number of thiophene rings is 1. The summed E-state index contributed by atoms with van der Waals surface area (Å²) in [5, 5.41) is 20.8. The molecule has 354 valence electrons. The largest absolute Gasteiger partial charge is 0.508 e. The third-order valence-electron chi connectivity index (χ3n) is 13.5. The smallest absolute Gasteiger partial charge is 0.258 e. The third kappa shape index (κ3) is 9.69. The van der Waals surface area contributed by atoms with Gasteiger partial charge in [0, 0.05) is 133 Å². The van der Waals surface area contributed by atoms with Gasteiger partial charge in [0.25, 0.3) is 11.8 Å². The van der Waals surface area contributed by atoms with Crippen LogP contribution in [-0.4, -0.2) is 145 Å². The summed E-state index contributed by atoms with van der Waals surface area (Å²) >= 11 is 1.69. The Morgan fingerprint density at radius 3 is 2.16 bits per heavy atom. The van der Waals surface area contributed by atoms with E-state index >= 15 is 4.39 Å². The minimum atomic E-state index is -0.361. The molecule has 68 heavy (non-hydrogen) atoms. The summed E-state index contributed by atoms with van der Waals surface area (Å²) in [7, 11) is 0. The van der Waals surface area contributed by atoms with Crippen LogP contribution in [0.5, 0.6) is 11.5 Å². The second-order valence-corrected chi connectivity index (χ2v) is 19.6. The van der Waals surface area contributed by atoms with Gasteiger partial charge in [-0.2, -0.15) is 0 Å². The number of rotatable bonds is 11. The molecule has 0 unspecified atom stereocenters. The summed E-state index contributed by atoms with van der Waals surface area (Å²) < 4.78 is 22.3. The van der Waals surface area contributed by atoms with Gasteiger partial charge in [0.05, 0.1) is 34.6 Å². The molecule has 4 N–H and O–H groups in total. The van der Waals surface area contributed by atoms with Crippen molar-refractivity contribution in [1.29, 1.82) is 0 Å². The Kier molecular flexibility index (Phi) is 12.9. The molecule has 3 fully saturated rings. The van der Waals surface area contributed by atoms with Gasteiger partial charge in [0.15, 0.2) is 11.6 Å². The highest BCUT2D eigenvalue weighted by atomic mass is 32.1. The molecule has 4 aliphatic rings. The predicted molar refractivity (Wildman–Crippen MR) is 258 cm³/mol. The predicted octanol–water partition coefficient (Wildman–Crippen LogP) is 5.67. The fourth-order valence-corrected chi connectivity index (χ4v) is 10.8. The third-order valence-corrected chi connectivity index (χ3v) is 14.6. The number of halogens is 1. The first-order chi connectivity index (χ1) is 32.9. The van der Waals surface area contributed by atoms with E-state index in [1.54, 1.807) is 46.8 Å². The standard InChI is InChI=1S/C50H56FN11O5S/c1-31(2)39-22-40(44(64)23-43(39)63)49(66)62-28-34-4-3-32(19-36(34)29-62)26-57-7-9-58(10-8-57)27-35-6-5-33(20-41(35)51)48(65)61-13-11-59(12-14-61)30-38-21-42-45(68-38)47(60-15-17-67-18-16-60)56-46(55-42)37-24-53-50(52)54-25-37/h3-6,19-25,31,63-64H,7-18,26-30H2,1-2H3,(H2,52,53,54). The van der Waals surface area contributed by atoms with E-state index in [0.29, 0.717) is 87.1 Å².